The molecule has 2 amide bonds. The number of piperidine rings is 1. The van der Waals surface area contributed by atoms with Crippen LogP contribution in [0.2, 0.25) is 0 Å². The zero-order valence-corrected chi connectivity index (χ0v) is 11.1. The third-order valence-corrected chi connectivity index (χ3v) is 3.32. The summed E-state index contributed by atoms with van der Waals surface area (Å²) in [5, 5.41) is 3.00. The molecule has 4 nitrogen and oxygen atoms in total. The average molecular weight is 261 g/mol. The molecule has 0 spiro atoms. The molecule has 5 heteroatoms. The number of nitrogens with zero attached hydrogens (tertiary/aromatic N) is 1. The van der Waals surface area contributed by atoms with Crippen LogP contribution >= 0.6 is 11.6 Å². The van der Waals surface area contributed by atoms with E-state index in [1.165, 1.54) is 0 Å². The fraction of sp³-hybridized carbons (Fsp3) is 0.833. The van der Waals surface area contributed by atoms with Crippen molar-refractivity contribution in [2.24, 2.45) is 0 Å². The second-order valence-corrected chi connectivity index (χ2v) is 4.75. The molecule has 1 N–H and O–H groups in total. The molecule has 17 heavy (non-hydrogen) atoms. The van der Waals surface area contributed by atoms with Crippen LogP contribution in [0.15, 0.2) is 0 Å². The summed E-state index contributed by atoms with van der Waals surface area (Å²) in [4.78, 5) is 24.8. The van der Waals surface area contributed by atoms with Crippen molar-refractivity contribution in [2.45, 2.75) is 45.1 Å². The van der Waals surface area contributed by atoms with E-state index < -0.39 is 0 Å². The molecule has 0 radical (unpaired) electrons. The Kier molecular flexibility index (Phi) is 6.34. The molecule has 1 fully saturated rings. The number of carbonyl (C=O) groups is 2. The van der Waals surface area contributed by atoms with Crippen molar-refractivity contribution in [2.75, 3.05) is 19.0 Å². The predicted molar refractivity (Wildman–Crippen MR) is 68.0 cm³/mol. The smallest absolute Gasteiger partial charge is 0.222 e. The van der Waals surface area contributed by atoms with Gasteiger partial charge in [-0.3, -0.25) is 9.59 Å². The molecule has 0 saturated carbocycles. The number of likely N-dealkylation sites (tertiary alicyclic amines) is 1. The van der Waals surface area contributed by atoms with Gasteiger partial charge in [0.1, 0.15) is 0 Å². The standard InChI is InChI=1S/C12H21ClN2O2/c1-2-12(17)15-8-5-10(6-9-15)14-11(16)4-3-7-13/h10H,2-9H2,1H3,(H,14,16). The Morgan fingerprint density at radius 3 is 2.53 bits per heavy atom. The zero-order chi connectivity index (χ0) is 12.7. The first-order chi connectivity index (χ1) is 8.17. The summed E-state index contributed by atoms with van der Waals surface area (Å²) in [5.74, 6) is 0.805. The number of hydrogen-bond donors (Lipinski definition) is 1. The molecule has 0 aromatic carbocycles. The third kappa shape index (κ3) is 4.94. The third-order valence-electron chi connectivity index (χ3n) is 3.05. The number of halogens is 1. The fourth-order valence-electron chi connectivity index (χ4n) is 2.02. The highest BCUT2D eigenvalue weighted by atomic mass is 35.5. The van der Waals surface area contributed by atoms with Crippen molar-refractivity contribution in [3.8, 4) is 0 Å². The van der Waals surface area contributed by atoms with Gasteiger partial charge in [-0.2, -0.15) is 0 Å². The zero-order valence-electron chi connectivity index (χ0n) is 10.4. The molecule has 0 bridgehead atoms. The van der Waals surface area contributed by atoms with Gasteiger partial charge >= 0.3 is 0 Å². The highest BCUT2D eigenvalue weighted by Gasteiger charge is 2.22. The van der Waals surface area contributed by atoms with Gasteiger partial charge in [0.15, 0.2) is 0 Å². The first kappa shape index (κ1) is 14.3. The lowest BCUT2D eigenvalue weighted by atomic mass is 10.0. The Bertz CT molecular complexity index is 263. The summed E-state index contributed by atoms with van der Waals surface area (Å²) < 4.78 is 0. The number of carbonyl (C=O) groups excluding carboxylic acids is 2. The minimum absolute atomic E-state index is 0.0749. The average Bonchev–Trinajstić information content (AvgIpc) is 2.36. The van der Waals surface area contributed by atoms with Gasteiger partial charge in [0.05, 0.1) is 0 Å². The lowest BCUT2D eigenvalue weighted by Gasteiger charge is -2.32. The molecule has 1 saturated heterocycles. The van der Waals surface area contributed by atoms with E-state index in [0.717, 1.165) is 32.4 Å². The summed E-state index contributed by atoms with van der Waals surface area (Å²) in [6.45, 7) is 3.39. The van der Waals surface area contributed by atoms with E-state index in [2.05, 4.69) is 5.32 Å². The van der Waals surface area contributed by atoms with Gasteiger partial charge in [-0.1, -0.05) is 6.92 Å². The van der Waals surface area contributed by atoms with Crippen LogP contribution < -0.4 is 5.32 Å². The van der Waals surface area contributed by atoms with E-state index in [1.807, 2.05) is 11.8 Å². The maximum atomic E-state index is 11.5. The van der Waals surface area contributed by atoms with Crippen molar-refractivity contribution >= 4 is 23.4 Å². The van der Waals surface area contributed by atoms with Gasteiger partial charge < -0.3 is 10.2 Å². The van der Waals surface area contributed by atoms with E-state index in [9.17, 15) is 9.59 Å². The lowest BCUT2D eigenvalue weighted by Crippen LogP contribution is -2.46. The second-order valence-electron chi connectivity index (χ2n) is 4.37. The molecular formula is C12H21ClN2O2. The number of nitrogens with one attached hydrogen (secondary N) is 1. The van der Waals surface area contributed by atoms with Gasteiger partial charge in [0.25, 0.3) is 0 Å². The molecule has 0 aliphatic carbocycles. The second kappa shape index (κ2) is 7.54. The van der Waals surface area contributed by atoms with Crippen LogP contribution in [0.4, 0.5) is 0 Å². The quantitative estimate of drug-likeness (QED) is 0.762. The summed E-state index contributed by atoms with van der Waals surface area (Å²) in [6.07, 6.45) is 3.50. The summed E-state index contributed by atoms with van der Waals surface area (Å²) >= 11 is 5.53. The Hall–Kier alpha value is -0.770. The molecule has 0 atom stereocenters. The van der Waals surface area contributed by atoms with Crippen LogP contribution in [0.1, 0.15) is 39.0 Å². The van der Waals surface area contributed by atoms with Crippen molar-refractivity contribution in [3.05, 3.63) is 0 Å². The normalized spacial score (nSPS) is 16.9. The van der Waals surface area contributed by atoms with E-state index in [1.54, 1.807) is 0 Å². The fourth-order valence-corrected chi connectivity index (χ4v) is 2.16. The summed E-state index contributed by atoms with van der Waals surface area (Å²) in [7, 11) is 0. The van der Waals surface area contributed by atoms with Gasteiger partial charge in [-0.15, -0.1) is 11.6 Å². The molecule has 0 unspecified atom stereocenters. The van der Waals surface area contributed by atoms with E-state index in [4.69, 9.17) is 11.6 Å². The van der Waals surface area contributed by atoms with Crippen LogP contribution in [0, 0.1) is 0 Å². The number of amides is 2. The van der Waals surface area contributed by atoms with Crippen LogP contribution in [-0.2, 0) is 9.59 Å². The number of alkyl halides is 1. The highest BCUT2D eigenvalue weighted by molar-refractivity contribution is 6.17. The minimum atomic E-state index is 0.0749. The Morgan fingerprint density at radius 1 is 1.35 bits per heavy atom. The molecule has 0 aromatic heterocycles. The summed E-state index contributed by atoms with van der Waals surface area (Å²) in [6, 6.07) is 0.221. The SMILES string of the molecule is CCC(=O)N1CCC(NC(=O)CCCCl)CC1. The van der Waals surface area contributed by atoms with Crippen LogP contribution in [0.25, 0.3) is 0 Å². The topological polar surface area (TPSA) is 49.4 Å². The molecule has 98 valence electrons. The Morgan fingerprint density at radius 2 is 2.00 bits per heavy atom. The molecular weight excluding hydrogens is 240 g/mol. The maximum absolute atomic E-state index is 11.5. The van der Waals surface area contributed by atoms with Crippen molar-refractivity contribution in [1.82, 2.24) is 10.2 Å². The van der Waals surface area contributed by atoms with Crippen molar-refractivity contribution in [1.29, 1.82) is 0 Å². The number of rotatable bonds is 5. The largest absolute Gasteiger partial charge is 0.353 e. The van der Waals surface area contributed by atoms with Gasteiger partial charge in [0.2, 0.25) is 11.8 Å². The Labute approximate surface area is 108 Å². The minimum Gasteiger partial charge on any atom is -0.353 e. The van der Waals surface area contributed by atoms with Crippen molar-refractivity contribution in [3.63, 3.8) is 0 Å². The van der Waals surface area contributed by atoms with Crippen molar-refractivity contribution < 1.29 is 9.59 Å². The molecule has 1 aliphatic rings. The van der Waals surface area contributed by atoms with Crippen LogP contribution in [-0.4, -0.2) is 41.7 Å². The predicted octanol–water partition coefficient (Wildman–Crippen LogP) is 1.52. The van der Waals surface area contributed by atoms with Gasteiger partial charge in [0, 0.05) is 37.9 Å². The number of hydrogen-bond acceptors (Lipinski definition) is 2. The highest BCUT2D eigenvalue weighted by Crippen LogP contribution is 2.11. The molecule has 1 aliphatic heterocycles. The van der Waals surface area contributed by atoms with E-state index in [0.29, 0.717) is 18.7 Å². The van der Waals surface area contributed by atoms with Gasteiger partial charge in [-0.25, -0.2) is 0 Å². The van der Waals surface area contributed by atoms with Crippen LogP contribution in [0.5, 0.6) is 0 Å². The Balaban J connectivity index is 2.23. The summed E-state index contributed by atoms with van der Waals surface area (Å²) in [5.41, 5.74) is 0. The molecule has 1 rings (SSSR count). The first-order valence-electron chi connectivity index (χ1n) is 6.30. The van der Waals surface area contributed by atoms with E-state index in [-0.39, 0.29) is 17.9 Å². The molecule has 0 aromatic rings. The maximum Gasteiger partial charge on any atom is 0.222 e. The van der Waals surface area contributed by atoms with Crippen LogP contribution in [0.3, 0.4) is 0 Å². The van der Waals surface area contributed by atoms with E-state index >= 15 is 0 Å². The lowest BCUT2D eigenvalue weighted by molar-refractivity contribution is -0.132. The first-order valence-corrected chi connectivity index (χ1v) is 6.84. The monoisotopic (exact) mass is 260 g/mol. The van der Waals surface area contributed by atoms with Gasteiger partial charge in [-0.05, 0) is 19.3 Å². The molecule has 1 heterocycles.